The fourth-order valence-electron chi connectivity index (χ4n) is 2.48. The monoisotopic (exact) mass is 267 g/mol. The Bertz CT molecular complexity index is 545. The summed E-state index contributed by atoms with van der Waals surface area (Å²) < 4.78 is 5.48. The highest BCUT2D eigenvalue weighted by Crippen LogP contribution is 2.38. The quantitative estimate of drug-likeness (QED) is 0.370. The van der Waals surface area contributed by atoms with Gasteiger partial charge in [-0.1, -0.05) is 43.1 Å². The van der Waals surface area contributed by atoms with Crippen LogP contribution in [0.1, 0.15) is 12.0 Å². The van der Waals surface area contributed by atoms with E-state index in [-0.39, 0.29) is 5.41 Å². The first-order chi connectivity index (χ1) is 9.65. The molecular weight excluding hydrogens is 247 g/mol. The predicted octanol–water partition coefficient (Wildman–Crippen LogP) is 1.93. The molecule has 1 aliphatic heterocycles. The van der Waals surface area contributed by atoms with Crippen molar-refractivity contribution in [3.05, 3.63) is 47.8 Å². The summed E-state index contributed by atoms with van der Waals surface area (Å²) in [6.45, 7) is 7.20. The van der Waals surface area contributed by atoms with Crippen LogP contribution in [0.2, 0.25) is 6.82 Å². The summed E-state index contributed by atoms with van der Waals surface area (Å²) in [7, 11) is 3.95. The molecule has 0 bridgehead atoms. The van der Waals surface area contributed by atoms with Crippen molar-refractivity contribution in [2.24, 2.45) is 0 Å². The van der Waals surface area contributed by atoms with Gasteiger partial charge in [-0.3, -0.25) is 5.41 Å². The maximum absolute atomic E-state index is 7.37. The van der Waals surface area contributed by atoms with Crippen LogP contribution in [0, 0.1) is 5.41 Å². The third kappa shape index (κ3) is 2.72. The smallest absolute Gasteiger partial charge is 0.148 e. The lowest BCUT2D eigenvalue weighted by Crippen LogP contribution is -2.48. The molecule has 20 heavy (non-hydrogen) atoms. The van der Waals surface area contributed by atoms with Crippen LogP contribution in [-0.4, -0.2) is 38.8 Å². The van der Waals surface area contributed by atoms with E-state index in [1.165, 1.54) is 17.4 Å². The molecule has 0 unspecified atom stereocenters. The average Bonchev–Trinajstić information content (AvgIpc) is 2.46. The minimum Gasteiger partial charge on any atom is -0.379 e. The molecule has 1 saturated heterocycles. The fourth-order valence-corrected chi connectivity index (χ4v) is 2.48. The fraction of sp³-hybridized carbons (Fsp3) is 0.375. The van der Waals surface area contributed by atoms with Crippen molar-refractivity contribution >= 4 is 19.1 Å². The maximum atomic E-state index is 7.37. The number of benzene rings is 1. The van der Waals surface area contributed by atoms with Crippen LogP contribution in [0.4, 0.5) is 0 Å². The molecule has 0 aliphatic carbocycles. The van der Waals surface area contributed by atoms with Gasteiger partial charge in [-0.2, -0.15) is 0 Å². The Labute approximate surface area is 121 Å². The Balaban J connectivity index is 2.29. The molecule has 1 radical (unpaired) electrons. The Morgan fingerprint density at radius 3 is 2.85 bits per heavy atom. The maximum Gasteiger partial charge on any atom is 0.148 e. The van der Waals surface area contributed by atoms with Crippen molar-refractivity contribution < 1.29 is 4.74 Å². The van der Waals surface area contributed by atoms with Gasteiger partial charge < -0.3 is 9.64 Å². The molecule has 0 aromatic heterocycles. The highest BCUT2D eigenvalue weighted by molar-refractivity contribution is 6.51. The van der Waals surface area contributed by atoms with E-state index in [9.17, 15) is 0 Å². The average molecular weight is 267 g/mol. The number of nitrogens with zero attached hydrogens (tertiary/aromatic N) is 1. The van der Waals surface area contributed by atoms with Crippen molar-refractivity contribution in [2.75, 3.05) is 20.3 Å². The van der Waals surface area contributed by atoms with E-state index >= 15 is 0 Å². The van der Waals surface area contributed by atoms with Crippen LogP contribution >= 0.6 is 0 Å². The van der Waals surface area contributed by atoms with Gasteiger partial charge in [-0.25, -0.2) is 0 Å². The zero-order chi connectivity index (χ0) is 14.6. The number of hydrogen-bond donors (Lipinski definition) is 1. The van der Waals surface area contributed by atoms with Gasteiger partial charge in [0.2, 0.25) is 0 Å². The van der Waals surface area contributed by atoms with E-state index in [2.05, 4.69) is 43.9 Å². The van der Waals surface area contributed by atoms with E-state index < -0.39 is 0 Å². The summed E-state index contributed by atoms with van der Waals surface area (Å²) in [6.07, 6.45) is 2.08. The van der Waals surface area contributed by atoms with E-state index in [0.717, 1.165) is 12.1 Å². The molecule has 103 valence electrons. The lowest BCUT2D eigenvalue weighted by molar-refractivity contribution is -0.0613. The summed E-state index contributed by atoms with van der Waals surface area (Å²) in [5, 5.41) is 7.37. The van der Waals surface area contributed by atoms with Gasteiger partial charge in [-0.15, -0.1) is 5.73 Å². The first kappa shape index (κ1) is 14.6. The third-order valence-corrected chi connectivity index (χ3v) is 3.92. The van der Waals surface area contributed by atoms with Crippen LogP contribution < -0.4 is 5.46 Å². The Morgan fingerprint density at radius 1 is 1.60 bits per heavy atom. The van der Waals surface area contributed by atoms with Crippen LogP contribution in [0.25, 0.3) is 0 Å². The number of nitrogens with one attached hydrogen (secondary N) is 1. The van der Waals surface area contributed by atoms with Gasteiger partial charge in [0.1, 0.15) is 7.28 Å². The zero-order valence-electron chi connectivity index (χ0n) is 12.1. The normalized spacial score (nSPS) is 15.7. The number of ether oxygens (including phenoxy) is 1. The molecule has 4 heteroatoms. The Morgan fingerprint density at radius 2 is 2.35 bits per heavy atom. The molecule has 0 amide bonds. The molecule has 1 fully saturated rings. The molecule has 2 rings (SSSR count). The highest BCUT2D eigenvalue weighted by Gasteiger charge is 2.41. The molecule has 3 nitrogen and oxygen atoms in total. The lowest BCUT2D eigenvalue weighted by atomic mass is 9.69. The molecule has 1 aromatic rings. The minimum absolute atomic E-state index is 0.0175. The number of rotatable bonds is 6. The summed E-state index contributed by atoms with van der Waals surface area (Å²) in [6, 6.07) is 8.56. The van der Waals surface area contributed by atoms with Gasteiger partial charge in [0.25, 0.3) is 0 Å². The molecule has 1 aliphatic rings. The van der Waals surface area contributed by atoms with Crippen molar-refractivity contribution in [1.82, 2.24) is 4.90 Å². The van der Waals surface area contributed by atoms with Crippen molar-refractivity contribution in [2.45, 2.75) is 18.7 Å². The van der Waals surface area contributed by atoms with E-state index in [4.69, 9.17) is 10.1 Å². The van der Waals surface area contributed by atoms with Gasteiger partial charge in [0.05, 0.1) is 25.2 Å². The zero-order valence-corrected chi connectivity index (χ0v) is 12.1. The number of allylic oxidation sites excluding steroid dienone is 1. The Hall–Kier alpha value is -1.77. The van der Waals surface area contributed by atoms with Gasteiger partial charge in [0, 0.05) is 18.9 Å². The first-order valence-corrected chi connectivity index (χ1v) is 6.75. The molecule has 0 saturated carbocycles. The molecule has 0 spiro atoms. The SMILES string of the molecule is C=C=C(CC1(c2cccc([B]C)c2)COC1)N(C)C=N. The van der Waals surface area contributed by atoms with E-state index in [1.54, 1.807) is 4.90 Å². The lowest BCUT2D eigenvalue weighted by Gasteiger charge is -2.43. The second-order valence-electron chi connectivity index (χ2n) is 5.23. The third-order valence-electron chi connectivity index (χ3n) is 3.92. The van der Waals surface area contributed by atoms with Crippen molar-refractivity contribution in [1.29, 1.82) is 5.41 Å². The van der Waals surface area contributed by atoms with Crippen molar-refractivity contribution in [3.8, 4) is 0 Å². The largest absolute Gasteiger partial charge is 0.379 e. The summed E-state index contributed by atoms with van der Waals surface area (Å²) >= 11 is 0. The molecule has 1 heterocycles. The minimum atomic E-state index is -0.0175. The summed E-state index contributed by atoms with van der Waals surface area (Å²) in [5.41, 5.74) is 6.36. The summed E-state index contributed by atoms with van der Waals surface area (Å²) in [5.74, 6) is 0. The summed E-state index contributed by atoms with van der Waals surface area (Å²) in [4.78, 5) is 1.75. The molecular formula is C16H20BN2O. The molecule has 1 N–H and O–H groups in total. The highest BCUT2D eigenvalue weighted by atomic mass is 16.5. The first-order valence-electron chi connectivity index (χ1n) is 6.75. The van der Waals surface area contributed by atoms with E-state index in [0.29, 0.717) is 13.2 Å². The van der Waals surface area contributed by atoms with Crippen LogP contribution in [-0.2, 0) is 10.2 Å². The second kappa shape index (κ2) is 6.12. The Kier molecular flexibility index (Phi) is 4.48. The van der Waals surface area contributed by atoms with Gasteiger partial charge in [-0.05, 0) is 5.56 Å². The van der Waals surface area contributed by atoms with Crippen molar-refractivity contribution in [3.63, 3.8) is 0 Å². The van der Waals surface area contributed by atoms with Gasteiger partial charge in [0.15, 0.2) is 0 Å². The topological polar surface area (TPSA) is 36.3 Å². The number of hydrogen-bond acceptors (Lipinski definition) is 2. The predicted molar refractivity (Wildman–Crippen MR) is 84.0 cm³/mol. The second-order valence-corrected chi connectivity index (χ2v) is 5.23. The standard InChI is InChI=1S/C16H20BN2O/c1-4-15(19(3)12-18)9-16(10-20-11-16)13-6-5-7-14(8-13)17-2/h5-8,12,18H,1,9-11H2,2-3H3. The van der Waals surface area contributed by atoms with Crippen LogP contribution in [0.3, 0.4) is 0 Å². The van der Waals surface area contributed by atoms with E-state index in [1.807, 2.05) is 13.9 Å². The molecule has 1 aromatic carbocycles. The molecule has 0 atom stereocenters. The van der Waals surface area contributed by atoms with Crippen LogP contribution in [0.5, 0.6) is 0 Å². The van der Waals surface area contributed by atoms with Gasteiger partial charge >= 0.3 is 0 Å². The van der Waals surface area contributed by atoms with Crippen LogP contribution in [0.15, 0.2) is 42.3 Å².